The van der Waals surface area contributed by atoms with E-state index in [2.05, 4.69) is 19.8 Å². The molecule has 1 atom stereocenters. The molecule has 2 fully saturated rings. The van der Waals surface area contributed by atoms with Crippen molar-refractivity contribution in [3.05, 3.63) is 48.0 Å². The second-order valence-electron chi connectivity index (χ2n) is 8.00. The number of aliphatic hydroxyl groups excluding tert-OH is 1. The summed E-state index contributed by atoms with van der Waals surface area (Å²) < 4.78 is 13.1. The minimum atomic E-state index is -0.324. The Kier molecular flexibility index (Phi) is 6.04. The van der Waals surface area contributed by atoms with E-state index in [4.69, 9.17) is 0 Å². The van der Waals surface area contributed by atoms with Crippen molar-refractivity contribution in [2.24, 2.45) is 11.8 Å². The lowest BCUT2D eigenvalue weighted by Crippen LogP contribution is -2.38. The molecular formula is C22H27FN4O2. The van der Waals surface area contributed by atoms with E-state index < -0.39 is 0 Å². The molecule has 1 unspecified atom stereocenters. The van der Waals surface area contributed by atoms with Gasteiger partial charge in [0, 0.05) is 50.3 Å². The number of anilines is 2. The molecule has 0 bridgehead atoms. The van der Waals surface area contributed by atoms with E-state index in [0.29, 0.717) is 11.5 Å². The molecule has 7 heteroatoms. The molecule has 1 aromatic heterocycles. The second kappa shape index (κ2) is 8.86. The number of nitrogens with zero attached hydrogens (tertiary/aromatic N) is 4. The van der Waals surface area contributed by atoms with Gasteiger partial charge < -0.3 is 14.9 Å². The molecule has 3 heterocycles. The molecule has 0 aliphatic carbocycles. The summed E-state index contributed by atoms with van der Waals surface area (Å²) >= 11 is 0. The lowest BCUT2D eigenvalue weighted by atomic mass is 9.89. The molecule has 2 aliphatic heterocycles. The van der Waals surface area contributed by atoms with Crippen LogP contribution in [0.2, 0.25) is 0 Å². The summed E-state index contributed by atoms with van der Waals surface area (Å²) in [5.41, 5.74) is 0.581. The number of carbonyl (C=O) groups excluding carboxylic acids is 1. The van der Waals surface area contributed by atoms with Crippen molar-refractivity contribution < 1.29 is 14.3 Å². The van der Waals surface area contributed by atoms with Crippen molar-refractivity contribution in [2.45, 2.75) is 25.7 Å². The Morgan fingerprint density at radius 2 is 1.72 bits per heavy atom. The lowest BCUT2D eigenvalue weighted by Gasteiger charge is -2.34. The number of carbonyl (C=O) groups is 1. The maximum atomic E-state index is 13.1. The van der Waals surface area contributed by atoms with Crippen LogP contribution in [0.5, 0.6) is 0 Å². The fraction of sp³-hybridized carbons (Fsp3) is 0.500. The molecule has 0 saturated carbocycles. The Balaban J connectivity index is 1.38. The van der Waals surface area contributed by atoms with E-state index in [1.165, 1.54) is 12.1 Å². The van der Waals surface area contributed by atoms with Crippen LogP contribution in [0.3, 0.4) is 0 Å². The van der Waals surface area contributed by atoms with E-state index in [9.17, 15) is 14.3 Å². The highest BCUT2D eigenvalue weighted by molar-refractivity contribution is 5.97. The van der Waals surface area contributed by atoms with Gasteiger partial charge in [-0.1, -0.05) is 0 Å². The van der Waals surface area contributed by atoms with Crippen LogP contribution in [0.15, 0.2) is 36.7 Å². The van der Waals surface area contributed by atoms with Gasteiger partial charge >= 0.3 is 0 Å². The van der Waals surface area contributed by atoms with Crippen LogP contribution in [-0.4, -0.2) is 53.6 Å². The number of benzene rings is 1. The number of halogens is 1. The van der Waals surface area contributed by atoms with Crippen LogP contribution in [0, 0.1) is 17.7 Å². The average Bonchev–Trinajstić information content (AvgIpc) is 2.79. The molecular weight excluding hydrogens is 371 g/mol. The van der Waals surface area contributed by atoms with Crippen molar-refractivity contribution in [3.8, 4) is 0 Å². The number of aliphatic hydroxyl groups is 1. The summed E-state index contributed by atoms with van der Waals surface area (Å²) in [6.45, 7) is 3.49. The standard InChI is InChI=1S/C22H27FN4O2/c23-19-5-3-17(4-6-19)22(29)18-7-10-26(11-8-18)20-12-21(25-15-24-20)27-9-1-2-16(13-27)14-28/h3-6,12,15-16,18,28H,1-2,7-11,13-14H2. The third-order valence-corrected chi connectivity index (χ3v) is 6.06. The van der Waals surface area contributed by atoms with Crippen molar-refractivity contribution in [3.63, 3.8) is 0 Å². The van der Waals surface area contributed by atoms with Gasteiger partial charge in [-0.2, -0.15) is 0 Å². The highest BCUT2D eigenvalue weighted by atomic mass is 19.1. The summed E-state index contributed by atoms with van der Waals surface area (Å²) in [5.74, 6) is 1.82. The number of hydrogen-bond donors (Lipinski definition) is 1. The normalized spacial score (nSPS) is 20.7. The van der Waals surface area contributed by atoms with Gasteiger partial charge in [0.05, 0.1) is 0 Å². The minimum Gasteiger partial charge on any atom is -0.396 e. The zero-order valence-corrected chi connectivity index (χ0v) is 16.5. The molecule has 1 N–H and O–H groups in total. The Labute approximate surface area is 170 Å². The fourth-order valence-electron chi connectivity index (χ4n) is 4.33. The molecule has 0 radical (unpaired) electrons. The first-order valence-electron chi connectivity index (χ1n) is 10.4. The fourth-order valence-corrected chi connectivity index (χ4v) is 4.33. The molecule has 1 aromatic carbocycles. The van der Waals surface area contributed by atoms with Crippen molar-refractivity contribution >= 4 is 17.4 Å². The van der Waals surface area contributed by atoms with Crippen LogP contribution in [0.1, 0.15) is 36.0 Å². The Morgan fingerprint density at radius 1 is 1.03 bits per heavy atom. The summed E-state index contributed by atoms with van der Waals surface area (Å²) in [5, 5.41) is 9.47. The van der Waals surface area contributed by atoms with Gasteiger partial charge in [0.2, 0.25) is 0 Å². The van der Waals surface area contributed by atoms with Crippen LogP contribution >= 0.6 is 0 Å². The Morgan fingerprint density at radius 3 is 2.41 bits per heavy atom. The Bertz CT molecular complexity index is 837. The quantitative estimate of drug-likeness (QED) is 0.781. The molecule has 0 amide bonds. The number of hydrogen-bond acceptors (Lipinski definition) is 6. The first kappa shape index (κ1) is 19.8. The van der Waals surface area contributed by atoms with Gasteiger partial charge in [0.25, 0.3) is 0 Å². The van der Waals surface area contributed by atoms with Gasteiger partial charge in [-0.25, -0.2) is 14.4 Å². The van der Waals surface area contributed by atoms with Crippen LogP contribution < -0.4 is 9.80 Å². The molecule has 0 spiro atoms. The monoisotopic (exact) mass is 398 g/mol. The summed E-state index contributed by atoms with van der Waals surface area (Å²) in [7, 11) is 0. The van der Waals surface area contributed by atoms with Crippen molar-refractivity contribution in [1.29, 1.82) is 0 Å². The maximum absolute atomic E-state index is 13.1. The number of Topliss-reactive ketones (excluding diaryl/α,β-unsaturated/α-hetero) is 1. The zero-order valence-electron chi connectivity index (χ0n) is 16.5. The van der Waals surface area contributed by atoms with E-state index in [1.54, 1.807) is 18.5 Å². The predicted octanol–water partition coefficient (Wildman–Crippen LogP) is 2.92. The highest BCUT2D eigenvalue weighted by Crippen LogP contribution is 2.28. The highest BCUT2D eigenvalue weighted by Gasteiger charge is 2.27. The first-order chi connectivity index (χ1) is 14.1. The van der Waals surface area contributed by atoms with Crippen molar-refractivity contribution in [1.82, 2.24) is 9.97 Å². The topological polar surface area (TPSA) is 69.6 Å². The molecule has 2 aliphatic rings. The predicted molar refractivity (Wildman–Crippen MR) is 110 cm³/mol. The molecule has 2 saturated heterocycles. The maximum Gasteiger partial charge on any atom is 0.166 e. The van der Waals surface area contributed by atoms with E-state index in [1.807, 2.05) is 6.07 Å². The lowest BCUT2D eigenvalue weighted by molar-refractivity contribution is 0.0900. The zero-order chi connectivity index (χ0) is 20.2. The van der Waals surface area contributed by atoms with E-state index >= 15 is 0 Å². The largest absolute Gasteiger partial charge is 0.396 e. The van der Waals surface area contributed by atoms with Crippen LogP contribution in [0.25, 0.3) is 0 Å². The van der Waals surface area contributed by atoms with Gasteiger partial charge in [-0.15, -0.1) is 0 Å². The average molecular weight is 398 g/mol. The van der Waals surface area contributed by atoms with Gasteiger partial charge in [0.15, 0.2) is 5.78 Å². The van der Waals surface area contributed by atoms with Crippen LogP contribution in [-0.2, 0) is 0 Å². The number of aromatic nitrogens is 2. The smallest absolute Gasteiger partial charge is 0.166 e. The van der Waals surface area contributed by atoms with Gasteiger partial charge in [0.1, 0.15) is 23.8 Å². The number of rotatable bonds is 5. The minimum absolute atomic E-state index is 0.0366. The third kappa shape index (κ3) is 4.56. The van der Waals surface area contributed by atoms with Crippen LogP contribution in [0.4, 0.5) is 16.0 Å². The molecule has 4 rings (SSSR count). The van der Waals surface area contributed by atoms with Gasteiger partial charge in [-0.05, 0) is 55.9 Å². The summed E-state index contributed by atoms with van der Waals surface area (Å²) in [6, 6.07) is 7.83. The first-order valence-corrected chi connectivity index (χ1v) is 10.4. The molecule has 6 nitrogen and oxygen atoms in total. The number of ketones is 1. The van der Waals surface area contributed by atoms with Crippen molar-refractivity contribution in [2.75, 3.05) is 42.6 Å². The number of piperidine rings is 2. The molecule has 2 aromatic rings. The Hall–Kier alpha value is -2.54. The molecule has 154 valence electrons. The second-order valence-corrected chi connectivity index (χ2v) is 8.00. The van der Waals surface area contributed by atoms with E-state index in [-0.39, 0.29) is 24.1 Å². The summed E-state index contributed by atoms with van der Waals surface area (Å²) in [6.07, 6.45) is 5.22. The van der Waals surface area contributed by atoms with E-state index in [0.717, 1.165) is 63.5 Å². The summed E-state index contributed by atoms with van der Waals surface area (Å²) in [4.78, 5) is 26.0. The molecule has 29 heavy (non-hydrogen) atoms. The SMILES string of the molecule is O=C(c1ccc(F)cc1)C1CCN(c2cc(N3CCCC(CO)C3)ncn2)CC1. The third-order valence-electron chi connectivity index (χ3n) is 6.06. The van der Waals surface area contributed by atoms with Gasteiger partial charge in [-0.3, -0.25) is 4.79 Å².